The number of hydrogen-bond donors (Lipinski definition) is 3. The van der Waals surface area contributed by atoms with Gasteiger partial charge >= 0.3 is 11.9 Å². The molecule has 6 atom stereocenters. The van der Waals surface area contributed by atoms with E-state index in [4.69, 9.17) is 4.74 Å². The molecule has 1 saturated carbocycles. The van der Waals surface area contributed by atoms with Gasteiger partial charge in [-0.25, -0.2) is 4.79 Å². The summed E-state index contributed by atoms with van der Waals surface area (Å²) in [6.07, 6.45) is 1.53. The van der Waals surface area contributed by atoms with Gasteiger partial charge in [0.2, 0.25) is 0 Å². The second-order valence-corrected chi connectivity index (χ2v) is 7.81. The molecule has 2 fully saturated rings. The van der Waals surface area contributed by atoms with E-state index in [-0.39, 0.29) is 18.8 Å². The summed E-state index contributed by atoms with van der Waals surface area (Å²) in [7, 11) is 0. The molecule has 1 heterocycles. The van der Waals surface area contributed by atoms with Crippen LogP contribution < -0.4 is 0 Å². The lowest BCUT2D eigenvalue weighted by molar-refractivity contribution is -0.133. The second kappa shape index (κ2) is 9.73. The summed E-state index contributed by atoms with van der Waals surface area (Å²) in [6.45, 7) is 5.44. The van der Waals surface area contributed by atoms with Crippen LogP contribution in [0.1, 0.15) is 52.9 Å². The monoisotopic (exact) mass is 412 g/mol. The Labute approximate surface area is 170 Å². The molecule has 2 rings (SSSR count). The van der Waals surface area contributed by atoms with Gasteiger partial charge in [-0.15, -0.1) is 11.8 Å². The number of carbonyl (C=O) groups is 1. The molecule has 0 aromatic rings. The highest BCUT2D eigenvalue weighted by molar-refractivity contribution is 5.87. The number of fused-ring (bicyclic) bond motifs is 1. The van der Waals surface area contributed by atoms with Gasteiger partial charge in [0.1, 0.15) is 6.10 Å². The number of rotatable bonds is 7. The van der Waals surface area contributed by atoms with Crippen molar-refractivity contribution >= 4 is 5.97 Å². The van der Waals surface area contributed by atoms with Crippen molar-refractivity contribution in [2.45, 2.75) is 77.1 Å². The van der Waals surface area contributed by atoms with E-state index in [1.807, 2.05) is 13.8 Å². The summed E-state index contributed by atoms with van der Waals surface area (Å²) in [5.74, 6) is -2.30. The molecular formula is C22H30F2O5. The van der Waals surface area contributed by atoms with E-state index < -0.39 is 53.4 Å². The smallest absolute Gasteiger partial charge is 0.335 e. The van der Waals surface area contributed by atoms with Crippen molar-refractivity contribution in [2.75, 3.05) is 0 Å². The number of halogens is 2. The van der Waals surface area contributed by atoms with Crippen molar-refractivity contribution in [3.63, 3.8) is 0 Å². The molecule has 0 spiro atoms. The van der Waals surface area contributed by atoms with Gasteiger partial charge in [-0.2, -0.15) is 8.78 Å². The predicted octanol–water partition coefficient (Wildman–Crippen LogP) is 3.51. The lowest BCUT2D eigenvalue weighted by atomic mass is 9.86. The SMILES string of the molecule is CCC#CC[C@H](C)[C@H](O)/C=C/[C@@H]1[C@@H]2[C@H](C[C@H]1O)O/C(=C(\CCC)C(=O)O)C2(F)F. The number of alkyl halides is 2. The van der Waals surface area contributed by atoms with Crippen molar-refractivity contribution in [3.05, 3.63) is 23.5 Å². The third kappa shape index (κ3) is 4.99. The van der Waals surface area contributed by atoms with Crippen molar-refractivity contribution in [2.24, 2.45) is 17.8 Å². The van der Waals surface area contributed by atoms with Crippen LogP contribution in [0, 0.1) is 29.6 Å². The van der Waals surface area contributed by atoms with E-state index in [0.29, 0.717) is 12.8 Å². The van der Waals surface area contributed by atoms with Crippen molar-refractivity contribution < 1.29 is 33.6 Å². The van der Waals surface area contributed by atoms with Gasteiger partial charge in [-0.1, -0.05) is 39.3 Å². The Balaban J connectivity index is 2.23. The molecule has 0 aromatic heterocycles. The van der Waals surface area contributed by atoms with Gasteiger partial charge in [-0.3, -0.25) is 0 Å². The summed E-state index contributed by atoms with van der Waals surface area (Å²) < 4.78 is 35.6. The zero-order valence-corrected chi connectivity index (χ0v) is 17.1. The van der Waals surface area contributed by atoms with E-state index in [0.717, 1.165) is 6.42 Å². The molecule has 0 amide bonds. The van der Waals surface area contributed by atoms with E-state index in [1.54, 1.807) is 6.92 Å². The largest absolute Gasteiger partial charge is 0.487 e. The molecule has 2 aliphatic rings. The van der Waals surface area contributed by atoms with E-state index >= 15 is 8.78 Å². The summed E-state index contributed by atoms with van der Waals surface area (Å²) in [6, 6.07) is 0. The first kappa shape index (κ1) is 23.4. The molecule has 0 unspecified atom stereocenters. The minimum Gasteiger partial charge on any atom is -0.487 e. The number of aliphatic carboxylic acids is 1. The van der Waals surface area contributed by atoms with Gasteiger partial charge < -0.3 is 20.1 Å². The normalized spacial score (nSPS) is 31.6. The predicted molar refractivity (Wildman–Crippen MR) is 104 cm³/mol. The van der Waals surface area contributed by atoms with Crippen molar-refractivity contribution in [1.82, 2.24) is 0 Å². The highest BCUT2D eigenvalue weighted by atomic mass is 19.3. The van der Waals surface area contributed by atoms with Crippen LogP contribution in [0.5, 0.6) is 0 Å². The number of aliphatic hydroxyl groups is 2. The summed E-state index contributed by atoms with van der Waals surface area (Å²) in [5, 5.41) is 29.9. The Bertz CT molecular complexity index is 718. The zero-order chi connectivity index (χ0) is 21.8. The van der Waals surface area contributed by atoms with Crippen LogP contribution in [-0.2, 0) is 9.53 Å². The second-order valence-electron chi connectivity index (χ2n) is 7.81. The molecule has 1 aliphatic carbocycles. The highest BCUT2D eigenvalue weighted by Crippen LogP contribution is 2.55. The molecule has 3 N–H and O–H groups in total. The van der Waals surface area contributed by atoms with E-state index in [2.05, 4.69) is 11.8 Å². The van der Waals surface area contributed by atoms with Gasteiger partial charge in [0.25, 0.3) is 0 Å². The number of hydrogen-bond acceptors (Lipinski definition) is 4. The molecule has 162 valence electrons. The molecular weight excluding hydrogens is 382 g/mol. The van der Waals surface area contributed by atoms with Crippen LogP contribution >= 0.6 is 0 Å². The van der Waals surface area contributed by atoms with Crippen molar-refractivity contribution in [1.29, 1.82) is 0 Å². The maximum Gasteiger partial charge on any atom is 0.335 e. The first-order valence-electron chi connectivity index (χ1n) is 10.2. The molecule has 1 aliphatic heterocycles. The van der Waals surface area contributed by atoms with Gasteiger partial charge in [-0.05, 0) is 12.3 Å². The first-order chi connectivity index (χ1) is 13.6. The topological polar surface area (TPSA) is 87.0 Å². The lowest BCUT2D eigenvalue weighted by Gasteiger charge is -2.24. The summed E-state index contributed by atoms with van der Waals surface area (Å²) in [5.41, 5.74) is -0.410. The number of carboxylic acids is 1. The maximum absolute atomic E-state index is 15.1. The standard InChI is InChI=1S/C22H30F2O5/c1-4-6-7-9-13(3)16(25)11-10-14-17(26)12-18-19(14)22(23,24)20(29-18)15(8-5-2)21(27)28/h10-11,13-14,16-19,25-26H,4-5,8-9,12H2,1-3H3,(H,27,28)/b11-10+,20-15+/t13-,14-,16+,17+,18-,19+/m0/s1. The third-order valence-electron chi connectivity index (χ3n) is 5.60. The minimum atomic E-state index is -3.50. The summed E-state index contributed by atoms with van der Waals surface area (Å²) >= 11 is 0. The fourth-order valence-corrected chi connectivity index (χ4v) is 4.01. The molecule has 0 aromatic carbocycles. The van der Waals surface area contributed by atoms with Gasteiger partial charge in [0.05, 0.1) is 23.7 Å². The molecule has 29 heavy (non-hydrogen) atoms. The Morgan fingerprint density at radius 3 is 2.66 bits per heavy atom. The molecule has 1 saturated heterocycles. The number of allylic oxidation sites excluding steroid dienone is 1. The van der Waals surface area contributed by atoms with Crippen LogP contribution in [0.25, 0.3) is 0 Å². The lowest BCUT2D eigenvalue weighted by Crippen LogP contribution is -2.34. The maximum atomic E-state index is 15.1. The molecule has 0 bridgehead atoms. The van der Waals surface area contributed by atoms with E-state index in [1.165, 1.54) is 12.2 Å². The molecule has 0 radical (unpaired) electrons. The van der Waals surface area contributed by atoms with Crippen molar-refractivity contribution in [3.8, 4) is 11.8 Å². The number of ether oxygens (including phenoxy) is 1. The zero-order valence-electron chi connectivity index (χ0n) is 17.1. The third-order valence-corrected chi connectivity index (χ3v) is 5.60. The number of carboxylic acid groups (broad SMARTS) is 1. The average Bonchev–Trinajstić information content (AvgIpc) is 3.10. The molecule has 7 heteroatoms. The van der Waals surface area contributed by atoms with Gasteiger partial charge in [0, 0.05) is 25.2 Å². The Hall–Kier alpha value is -1.91. The Morgan fingerprint density at radius 1 is 1.38 bits per heavy atom. The highest BCUT2D eigenvalue weighted by Gasteiger charge is 2.64. The number of aliphatic hydroxyl groups excluding tert-OH is 2. The van der Waals surface area contributed by atoms with Crippen LogP contribution in [-0.4, -0.2) is 45.5 Å². The Kier molecular flexibility index (Phi) is 7.84. The fourth-order valence-electron chi connectivity index (χ4n) is 4.01. The van der Waals surface area contributed by atoms with Crippen LogP contribution in [0.2, 0.25) is 0 Å². The van der Waals surface area contributed by atoms with Crippen LogP contribution in [0.15, 0.2) is 23.5 Å². The van der Waals surface area contributed by atoms with E-state index in [9.17, 15) is 20.1 Å². The Morgan fingerprint density at radius 2 is 2.07 bits per heavy atom. The minimum absolute atomic E-state index is 0.00852. The fraction of sp³-hybridized carbons (Fsp3) is 0.682. The molecule has 5 nitrogen and oxygen atoms in total. The first-order valence-corrected chi connectivity index (χ1v) is 10.2. The summed E-state index contributed by atoms with van der Waals surface area (Å²) in [4.78, 5) is 11.4. The van der Waals surface area contributed by atoms with Crippen LogP contribution in [0.3, 0.4) is 0 Å². The van der Waals surface area contributed by atoms with Gasteiger partial charge in [0.15, 0.2) is 5.76 Å². The van der Waals surface area contributed by atoms with Crippen LogP contribution in [0.4, 0.5) is 8.78 Å². The quantitative estimate of drug-likeness (QED) is 0.338. The average molecular weight is 412 g/mol.